The van der Waals surface area contributed by atoms with E-state index in [-0.39, 0.29) is 19.0 Å². The normalized spacial score (nSPS) is 25.9. The third-order valence-corrected chi connectivity index (χ3v) is 3.87. The van der Waals surface area contributed by atoms with E-state index in [1.807, 2.05) is 18.2 Å². The molecule has 1 amide bonds. The van der Waals surface area contributed by atoms with Gasteiger partial charge in [0, 0.05) is 30.9 Å². The summed E-state index contributed by atoms with van der Waals surface area (Å²) in [5.41, 5.74) is 2.76. The minimum atomic E-state index is -0.832. The number of fused-ring (bicyclic) bond motifs is 1. The van der Waals surface area contributed by atoms with Crippen LogP contribution in [-0.2, 0) is 6.42 Å². The van der Waals surface area contributed by atoms with Crippen LogP contribution in [0.1, 0.15) is 22.3 Å². The maximum atomic E-state index is 12.5. The van der Waals surface area contributed by atoms with Crippen LogP contribution in [0, 0.1) is 0 Å². The number of hydrogen-bond donors (Lipinski definition) is 3. The van der Waals surface area contributed by atoms with Gasteiger partial charge in [0.2, 0.25) is 0 Å². The minimum Gasteiger partial charge on any atom is -0.388 e. The number of anilines is 1. The number of aliphatic hydroxyl groups is 2. The summed E-state index contributed by atoms with van der Waals surface area (Å²) >= 11 is 0. The molecular formula is C14H18N2O3. The number of carbonyl (C=O) groups excluding carboxylic acids is 1. The summed E-state index contributed by atoms with van der Waals surface area (Å²) in [6, 6.07) is 5.68. The lowest BCUT2D eigenvalue weighted by Crippen LogP contribution is -2.31. The number of amides is 1. The molecule has 2 atom stereocenters. The molecule has 0 radical (unpaired) electrons. The molecule has 2 heterocycles. The van der Waals surface area contributed by atoms with E-state index in [1.165, 1.54) is 4.90 Å². The SMILES string of the molecule is O=C(c1cccc2c1CCCN2)N1C[C@@H](O)[C@@H](O)C1. The van der Waals surface area contributed by atoms with E-state index in [0.29, 0.717) is 5.56 Å². The molecule has 3 rings (SSSR count). The van der Waals surface area contributed by atoms with Crippen LogP contribution >= 0.6 is 0 Å². The molecule has 0 aromatic heterocycles. The van der Waals surface area contributed by atoms with Crippen LogP contribution in [0.5, 0.6) is 0 Å². The molecule has 0 spiro atoms. The number of nitrogens with zero attached hydrogens (tertiary/aromatic N) is 1. The molecular weight excluding hydrogens is 244 g/mol. The van der Waals surface area contributed by atoms with E-state index in [9.17, 15) is 15.0 Å². The highest BCUT2D eigenvalue weighted by Gasteiger charge is 2.34. The van der Waals surface area contributed by atoms with Gasteiger partial charge in [-0.25, -0.2) is 0 Å². The smallest absolute Gasteiger partial charge is 0.254 e. The number of rotatable bonds is 1. The van der Waals surface area contributed by atoms with Gasteiger partial charge in [-0.05, 0) is 30.5 Å². The van der Waals surface area contributed by atoms with Crippen LogP contribution in [-0.4, -0.2) is 52.9 Å². The van der Waals surface area contributed by atoms with Crippen molar-refractivity contribution in [3.05, 3.63) is 29.3 Å². The van der Waals surface area contributed by atoms with Gasteiger partial charge >= 0.3 is 0 Å². The number of carbonyl (C=O) groups is 1. The Bertz CT molecular complexity index is 493. The lowest BCUT2D eigenvalue weighted by molar-refractivity contribution is 0.0572. The van der Waals surface area contributed by atoms with E-state index in [1.54, 1.807) is 0 Å². The van der Waals surface area contributed by atoms with Gasteiger partial charge in [-0.2, -0.15) is 0 Å². The van der Waals surface area contributed by atoms with Crippen LogP contribution in [0.4, 0.5) is 5.69 Å². The molecule has 102 valence electrons. The molecule has 2 aliphatic heterocycles. The Kier molecular flexibility index (Phi) is 3.16. The molecule has 0 aliphatic carbocycles. The van der Waals surface area contributed by atoms with Crippen LogP contribution in [0.2, 0.25) is 0 Å². The van der Waals surface area contributed by atoms with Crippen molar-refractivity contribution in [1.82, 2.24) is 4.90 Å². The zero-order chi connectivity index (χ0) is 13.4. The van der Waals surface area contributed by atoms with Crippen molar-refractivity contribution < 1.29 is 15.0 Å². The summed E-state index contributed by atoms with van der Waals surface area (Å²) in [5.74, 6) is -0.101. The van der Waals surface area contributed by atoms with Gasteiger partial charge in [-0.3, -0.25) is 4.79 Å². The van der Waals surface area contributed by atoms with Gasteiger partial charge in [0.25, 0.3) is 5.91 Å². The molecule has 0 bridgehead atoms. The Balaban J connectivity index is 1.88. The Morgan fingerprint density at radius 1 is 1.26 bits per heavy atom. The lowest BCUT2D eigenvalue weighted by Gasteiger charge is -2.23. The average molecular weight is 262 g/mol. The van der Waals surface area contributed by atoms with E-state index in [2.05, 4.69) is 5.32 Å². The molecule has 3 N–H and O–H groups in total. The Morgan fingerprint density at radius 3 is 2.74 bits per heavy atom. The highest BCUT2D eigenvalue weighted by Crippen LogP contribution is 2.27. The third-order valence-electron chi connectivity index (χ3n) is 3.87. The van der Waals surface area contributed by atoms with Gasteiger partial charge in [0.05, 0.1) is 12.2 Å². The van der Waals surface area contributed by atoms with Crippen LogP contribution < -0.4 is 5.32 Å². The van der Waals surface area contributed by atoms with E-state index in [0.717, 1.165) is 30.6 Å². The van der Waals surface area contributed by atoms with Gasteiger partial charge in [0.15, 0.2) is 0 Å². The number of β-amino-alcohol motifs (C(OH)–C–C–N with tert-alkyl or cyclic N) is 2. The summed E-state index contributed by atoms with van der Waals surface area (Å²) in [7, 11) is 0. The third kappa shape index (κ3) is 2.19. The van der Waals surface area contributed by atoms with Crippen molar-refractivity contribution in [2.24, 2.45) is 0 Å². The first-order valence-electron chi connectivity index (χ1n) is 6.68. The summed E-state index contributed by atoms with van der Waals surface area (Å²) in [6.45, 7) is 1.35. The molecule has 1 fully saturated rings. The molecule has 1 aromatic carbocycles. The minimum absolute atomic E-state index is 0.101. The quantitative estimate of drug-likeness (QED) is 0.677. The summed E-state index contributed by atoms with van der Waals surface area (Å²) in [4.78, 5) is 14.0. The highest BCUT2D eigenvalue weighted by atomic mass is 16.3. The van der Waals surface area contributed by atoms with Crippen molar-refractivity contribution in [2.75, 3.05) is 25.0 Å². The van der Waals surface area contributed by atoms with Gasteiger partial charge in [0.1, 0.15) is 0 Å². The number of aliphatic hydroxyl groups excluding tert-OH is 2. The number of hydrogen-bond acceptors (Lipinski definition) is 4. The van der Waals surface area contributed by atoms with E-state index in [4.69, 9.17) is 0 Å². The highest BCUT2D eigenvalue weighted by molar-refractivity contribution is 5.97. The fourth-order valence-electron chi connectivity index (χ4n) is 2.82. The van der Waals surface area contributed by atoms with Crippen molar-refractivity contribution in [3.8, 4) is 0 Å². The number of benzene rings is 1. The van der Waals surface area contributed by atoms with Gasteiger partial charge in [-0.1, -0.05) is 6.07 Å². The molecule has 5 nitrogen and oxygen atoms in total. The van der Waals surface area contributed by atoms with Crippen molar-refractivity contribution in [2.45, 2.75) is 25.0 Å². The number of likely N-dealkylation sites (tertiary alicyclic amines) is 1. The van der Waals surface area contributed by atoms with Crippen molar-refractivity contribution >= 4 is 11.6 Å². The predicted molar refractivity (Wildman–Crippen MR) is 71.2 cm³/mol. The molecule has 19 heavy (non-hydrogen) atoms. The standard InChI is InChI=1S/C14H18N2O3/c17-12-7-16(8-13(12)18)14(19)10-3-1-5-11-9(10)4-2-6-15-11/h1,3,5,12-13,15,17-18H,2,4,6-8H2/t12-,13+. The van der Waals surface area contributed by atoms with Crippen LogP contribution in [0.15, 0.2) is 18.2 Å². The van der Waals surface area contributed by atoms with Crippen molar-refractivity contribution in [3.63, 3.8) is 0 Å². The first kappa shape index (κ1) is 12.4. The summed E-state index contributed by atoms with van der Waals surface area (Å²) in [6.07, 6.45) is 0.245. The Morgan fingerprint density at radius 2 is 2.00 bits per heavy atom. The zero-order valence-electron chi connectivity index (χ0n) is 10.7. The molecule has 2 aliphatic rings. The maximum absolute atomic E-state index is 12.5. The van der Waals surface area contributed by atoms with Gasteiger partial charge in [-0.15, -0.1) is 0 Å². The molecule has 5 heteroatoms. The largest absolute Gasteiger partial charge is 0.388 e. The van der Waals surface area contributed by atoms with E-state index >= 15 is 0 Å². The molecule has 1 aromatic rings. The Hall–Kier alpha value is -1.59. The average Bonchev–Trinajstić information content (AvgIpc) is 2.77. The van der Waals surface area contributed by atoms with Gasteiger partial charge < -0.3 is 20.4 Å². The maximum Gasteiger partial charge on any atom is 0.254 e. The topological polar surface area (TPSA) is 72.8 Å². The predicted octanol–water partition coefficient (Wildman–Crippen LogP) is 0.222. The first-order valence-corrected chi connectivity index (χ1v) is 6.68. The zero-order valence-corrected chi connectivity index (χ0v) is 10.7. The fraction of sp³-hybridized carbons (Fsp3) is 0.500. The lowest BCUT2D eigenvalue weighted by atomic mass is 9.97. The van der Waals surface area contributed by atoms with Crippen LogP contribution in [0.3, 0.4) is 0 Å². The van der Waals surface area contributed by atoms with Crippen molar-refractivity contribution in [1.29, 1.82) is 0 Å². The molecule has 1 saturated heterocycles. The molecule has 0 unspecified atom stereocenters. The first-order chi connectivity index (χ1) is 9.16. The van der Waals surface area contributed by atoms with E-state index < -0.39 is 12.2 Å². The fourth-order valence-corrected chi connectivity index (χ4v) is 2.82. The monoisotopic (exact) mass is 262 g/mol. The Labute approximate surface area is 111 Å². The molecule has 0 saturated carbocycles. The van der Waals surface area contributed by atoms with Crippen LogP contribution in [0.25, 0.3) is 0 Å². The second-order valence-corrected chi connectivity index (χ2v) is 5.21. The second-order valence-electron chi connectivity index (χ2n) is 5.21. The summed E-state index contributed by atoms with van der Waals surface area (Å²) < 4.78 is 0. The number of nitrogens with one attached hydrogen (secondary N) is 1. The summed E-state index contributed by atoms with van der Waals surface area (Å²) in [5, 5.41) is 22.4. The second kappa shape index (κ2) is 4.83.